The fraction of sp³-hybridized carbons (Fsp3) is 0.194. The first-order chi connectivity index (χ1) is 19.4. The van der Waals surface area contributed by atoms with E-state index in [1.54, 1.807) is 36.4 Å². The van der Waals surface area contributed by atoms with Gasteiger partial charge < -0.3 is 15.2 Å². The number of ketones is 1. The zero-order valence-electron chi connectivity index (χ0n) is 22.2. The molecule has 9 heteroatoms. The first-order valence-electron chi connectivity index (χ1n) is 13.1. The van der Waals surface area contributed by atoms with Gasteiger partial charge >= 0.3 is 0 Å². The highest BCUT2D eigenvalue weighted by atomic mass is 16.2. The van der Waals surface area contributed by atoms with Gasteiger partial charge in [0, 0.05) is 54.1 Å². The Labute approximate surface area is 231 Å². The number of piperazine rings is 1. The minimum atomic E-state index is -0.303. The number of nitrogens with zero attached hydrogens (tertiary/aromatic N) is 5. The summed E-state index contributed by atoms with van der Waals surface area (Å²) in [6.45, 7) is 6.72. The Kier molecular flexibility index (Phi) is 6.46. The van der Waals surface area contributed by atoms with Crippen LogP contribution in [-0.4, -0.2) is 62.5 Å². The number of rotatable bonds is 5. The number of amides is 1. The molecule has 1 amide bonds. The van der Waals surface area contributed by atoms with Gasteiger partial charge in [-0.25, -0.2) is 9.67 Å². The summed E-state index contributed by atoms with van der Waals surface area (Å²) >= 11 is 0. The number of carbonyl (C=O) groups excluding carboxylic acids is 2. The van der Waals surface area contributed by atoms with E-state index in [0.717, 1.165) is 35.7 Å². The molecule has 3 heterocycles. The van der Waals surface area contributed by atoms with E-state index < -0.39 is 0 Å². The summed E-state index contributed by atoms with van der Waals surface area (Å²) in [6, 6.07) is 22.3. The Hall–Kier alpha value is -5.07. The molecule has 1 aliphatic rings. The van der Waals surface area contributed by atoms with Crippen LogP contribution in [0, 0.1) is 25.2 Å². The molecule has 1 saturated heterocycles. The average Bonchev–Trinajstić information content (AvgIpc) is 3.56. The van der Waals surface area contributed by atoms with E-state index >= 15 is 0 Å². The van der Waals surface area contributed by atoms with Crippen molar-refractivity contribution in [2.24, 2.45) is 0 Å². The Morgan fingerprint density at radius 2 is 1.70 bits per heavy atom. The molecular formula is C31H27N7O2. The average molecular weight is 530 g/mol. The largest absolute Gasteiger partial charge is 0.336 e. The smallest absolute Gasteiger partial charge is 0.254 e. The highest BCUT2D eigenvalue weighted by Gasteiger charge is 2.22. The maximum Gasteiger partial charge on any atom is 0.254 e. The zero-order valence-corrected chi connectivity index (χ0v) is 22.2. The molecule has 1 aliphatic heterocycles. The molecule has 9 nitrogen and oxygen atoms in total. The number of para-hydroxylation sites is 1. The van der Waals surface area contributed by atoms with Gasteiger partial charge in [-0.2, -0.15) is 10.4 Å². The normalized spacial score (nSPS) is 13.4. The number of aromatic nitrogens is 4. The van der Waals surface area contributed by atoms with Crippen LogP contribution in [0.3, 0.4) is 0 Å². The van der Waals surface area contributed by atoms with Gasteiger partial charge in [-0.1, -0.05) is 18.2 Å². The lowest BCUT2D eigenvalue weighted by Gasteiger charge is -2.27. The number of aryl methyl sites for hydroxylation is 1. The molecule has 1 fully saturated rings. The number of carbonyl (C=O) groups is 2. The third kappa shape index (κ3) is 4.44. The number of benzene rings is 3. The second kappa shape index (κ2) is 10.2. The van der Waals surface area contributed by atoms with E-state index in [4.69, 9.17) is 5.10 Å². The van der Waals surface area contributed by atoms with Crippen molar-refractivity contribution in [1.82, 2.24) is 30.0 Å². The molecule has 5 aromatic rings. The van der Waals surface area contributed by atoms with Gasteiger partial charge in [0.1, 0.15) is 0 Å². The summed E-state index contributed by atoms with van der Waals surface area (Å²) in [4.78, 5) is 36.0. The number of nitrogens with one attached hydrogen (secondary N) is 2. The highest BCUT2D eigenvalue weighted by molar-refractivity contribution is 6.09. The predicted octanol–water partition coefficient (Wildman–Crippen LogP) is 4.18. The Balaban J connectivity index is 1.35. The lowest BCUT2D eigenvalue weighted by molar-refractivity contribution is 0.0736. The number of imidazole rings is 1. The lowest BCUT2D eigenvalue weighted by atomic mass is 9.95. The van der Waals surface area contributed by atoms with E-state index in [9.17, 15) is 14.9 Å². The number of H-pyrrole nitrogens is 1. The second-order valence-electron chi connectivity index (χ2n) is 9.85. The summed E-state index contributed by atoms with van der Waals surface area (Å²) in [7, 11) is 0. The van der Waals surface area contributed by atoms with Crippen molar-refractivity contribution in [2.45, 2.75) is 13.8 Å². The van der Waals surface area contributed by atoms with Crippen LogP contribution in [0.15, 0.2) is 66.7 Å². The first-order valence-corrected chi connectivity index (χ1v) is 13.1. The van der Waals surface area contributed by atoms with Crippen molar-refractivity contribution in [3.05, 3.63) is 101 Å². The molecular weight excluding hydrogens is 502 g/mol. The van der Waals surface area contributed by atoms with Crippen molar-refractivity contribution < 1.29 is 9.59 Å². The predicted molar refractivity (Wildman–Crippen MR) is 151 cm³/mol. The van der Waals surface area contributed by atoms with Gasteiger partial charge in [-0.05, 0) is 62.4 Å². The maximum absolute atomic E-state index is 13.6. The number of hydrogen-bond donors (Lipinski definition) is 2. The summed E-state index contributed by atoms with van der Waals surface area (Å²) in [5.41, 5.74) is 6.63. The van der Waals surface area contributed by atoms with Crippen LogP contribution in [0.5, 0.6) is 0 Å². The van der Waals surface area contributed by atoms with Crippen LogP contribution in [0.25, 0.3) is 27.8 Å². The summed E-state index contributed by atoms with van der Waals surface area (Å²) in [6.07, 6.45) is 0. The van der Waals surface area contributed by atoms with Gasteiger partial charge in [-0.15, -0.1) is 0 Å². The molecule has 0 saturated carbocycles. The Bertz CT molecular complexity index is 1810. The molecule has 40 heavy (non-hydrogen) atoms. The quantitative estimate of drug-likeness (QED) is 0.330. The third-order valence-corrected chi connectivity index (χ3v) is 7.31. The fourth-order valence-corrected chi connectivity index (χ4v) is 5.28. The van der Waals surface area contributed by atoms with E-state index in [-0.39, 0.29) is 17.5 Å². The zero-order chi connectivity index (χ0) is 27.8. The Morgan fingerprint density at radius 3 is 2.45 bits per heavy atom. The van der Waals surface area contributed by atoms with Crippen LogP contribution in [-0.2, 0) is 0 Å². The number of aromatic amines is 1. The summed E-state index contributed by atoms with van der Waals surface area (Å²) in [5, 5.41) is 17.8. The van der Waals surface area contributed by atoms with Gasteiger partial charge in [0.25, 0.3) is 5.91 Å². The standard InChI is InChI=1S/C31H27N7O2/c1-19-28(20(2)38(36-19)24-6-4-3-5-7-24)25-16-21(8-9-23(25)18-32)29(39)30-34-26-11-10-22(17-27(26)35-30)31(40)37-14-12-33-13-15-37/h3-11,16-17,33H,12-15H2,1-2H3,(H,34,35). The number of fused-ring (bicyclic) bond motifs is 1. The summed E-state index contributed by atoms with van der Waals surface area (Å²) in [5.74, 6) is -0.169. The van der Waals surface area contributed by atoms with Crippen LogP contribution >= 0.6 is 0 Å². The molecule has 0 spiro atoms. The van der Waals surface area contributed by atoms with E-state index in [2.05, 4.69) is 21.4 Å². The van der Waals surface area contributed by atoms with E-state index in [1.807, 2.05) is 53.8 Å². The second-order valence-corrected chi connectivity index (χ2v) is 9.85. The van der Waals surface area contributed by atoms with Gasteiger partial charge in [0.15, 0.2) is 5.82 Å². The van der Waals surface area contributed by atoms with Crippen LogP contribution in [0.2, 0.25) is 0 Å². The molecule has 0 radical (unpaired) electrons. The SMILES string of the molecule is Cc1nn(-c2ccccc2)c(C)c1-c1cc(C(=O)c2nc3ccc(C(=O)N4CCNCC4)cc3[nH]2)ccc1C#N. The van der Waals surface area contributed by atoms with Gasteiger partial charge in [-0.3, -0.25) is 9.59 Å². The highest BCUT2D eigenvalue weighted by Crippen LogP contribution is 2.32. The monoisotopic (exact) mass is 529 g/mol. The van der Waals surface area contributed by atoms with Crippen LogP contribution < -0.4 is 5.32 Å². The Morgan fingerprint density at radius 1 is 0.950 bits per heavy atom. The molecule has 2 N–H and O–H groups in total. The topological polar surface area (TPSA) is 120 Å². The van der Waals surface area contributed by atoms with Crippen LogP contribution in [0.1, 0.15) is 43.5 Å². The molecule has 6 rings (SSSR count). The minimum Gasteiger partial charge on any atom is -0.336 e. The first kappa shape index (κ1) is 25.2. The molecule has 3 aromatic carbocycles. The minimum absolute atomic E-state index is 0.0376. The van der Waals surface area contributed by atoms with Crippen LogP contribution in [0.4, 0.5) is 0 Å². The number of nitriles is 1. The van der Waals surface area contributed by atoms with Crippen molar-refractivity contribution >= 4 is 22.7 Å². The van der Waals surface area contributed by atoms with Crippen molar-refractivity contribution in [2.75, 3.05) is 26.2 Å². The third-order valence-electron chi connectivity index (χ3n) is 7.31. The van der Waals surface area contributed by atoms with Gasteiger partial charge in [0.05, 0.1) is 34.0 Å². The lowest BCUT2D eigenvalue weighted by Crippen LogP contribution is -2.46. The molecule has 198 valence electrons. The van der Waals surface area contributed by atoms with Crippen molar-refractivity contribution in [3.8, 4) is 22.9 Å². The van der Waals surface area contributed by atoms with Crippen molar-refractivity contribution in [1.29, 1.82) is 5.26 Å². The molecule has 0 unspecified atom stereocenters. The fourth-order valence-electron chi connectivity index (χ4n) is 5.28. The van der Waals surface area contributed by atoms with Crippen molar-refractivity contribution in [3.63, 3.8) is 0 Å². The molecule has 2 aromatic heterocycles. The van der Waals surface area contributed by atoms with E-state index in [1.165, 1.54) is 0 Å². The molecule has 0 bridgehead atoms. The summed E-state index contributed by atoms with van der Waals surface area (Å²) < 4.78 is 1.85. The van der Waals surface area contributed by atoms with E-state index in [0.29, 0.717) is 46.4 Å². The maximum atomic E-state index is 13.6. The molecule has 0 atom stereocenters. The number of hydrogen-bond acceptors (Lipinski definition) is 6. The molecule has 0 aliphatic carbocycles. The van der Waals surface area contributed by atoms with Gasteiger partial charge in [0.2, 0.25) is 5.78 Å².